The fourth-order valence-corrected chi connectivity index (χ4v) is 9.86. The molecule has 1 aromatic carbocycles. The minimum Gasteiger partial charge on any atom is -0.378 e. The van der Waals surface area contributed by atoms with Crippen LogP contribution in [0.5, 0.6) is 0 Å². The lowest BCUT2D eigenvalue weighted by Crippen LogP contribution is -2.57. The lowest BCUT2D eigenvalue weighted by atomic mass is 9.43. The van der Waals surface area contributed by atoms with Gasteiger partial charge in [0.15, 0.2) is 5.79 Å². The van der Waals surface area contributed by atoms with E-state index in [0.29, 0.717) is 22.7 Å². The number of hydrogen-bond donors (Lipinski definition) is 1. The number of hydrogen-bond acceptors (Lipinski definition) is 3. The van der Waals surface area contributed by atoms with Crippen molar-refractivity contribution in [1.29, 1.82) is 0 Å². The van der Waals surface area contributed by atoms with Crippen molar-refractivity contribution >= 4 is 0 Å². The summed E-state index contributed by atoms with van der Waals surface area (Å²) in [6.07, 6.45) is 11.3. The monoisotopic (exact) mass is 476 g/mol. The van der Waals surface area contributed by atoms with Gasteiger partial charge in [-0.2, -0.15) is 0 Å². The highest BCUT2D eigenvalue weighted by atomic mass is 16.7. The van der Waals surface area contributed by atoms with E-state index >= 15 is 0 Å². The van der Waals surface area contributed by atoms with Crippen LogP contribution in [0.2, 0.25) is 0 Å². The fourth-order valence-electron chi connectivity index (χ4n) is 9.86. The largest absolute Gasteiger partial charge is 0.378 e. The Hall–Kier alpha value is -1.34. The molecule has 0 spiro atoms. The van der Waals surface area contributed by atoms with Gasteiger partial charge in [0.05, 0.1) is 13.2 Å². The smallest absolute Gasteiger partial charge is 0.169 e. The second kappa shape index (κ2) is 8.61. The van der Waals surface area contributed by atoms with E-state index < -0.39 is 5.60 Å². The first-order valence-electron chi connectivity index (χ1n) is 14.3. The van der Waals surface area contributed by atoms with Crippen LogP contribution in [0.1, 0.15) is 84.1 Å². The van der Waals surface area contributed by atoms with Crippen molar-refractivity contribution in [2.45, 2.75) is 96.4 Å². The molecule has 8 atom stereocenters. The van der Waals surface area contributed by atoms with Crippen molar-refractivity contribution in [2.24, 2.45) is 40.4 Å². The zero-order valence-electron chi connectivity index (χ0n) is 22.0. The van der Waals surface area contributed by atoms with Crippen LogP contribution in [0, 0.1) is 52.3 Å². The molecule has 6 rings (SSSR count). The van der Waals surface area contributed by atoms with Crippen LogP contribution in [0.25, 0.3) is 0 Å². The van der Waals surface area contributed by atoms with Gasteiger partial charge in [-0.3, -0.25) is 0 Å². The Bertz CT molecular complexity index is 987. The average Bonchev–Trinajstić information content (AvgIpc) is 3.44. The van der Waals surface area contributed by atoms with Crippen molar-refractivity contribution in [3.05, 3.63) is 35.9 Å². The summed E-state index contributed by atoms with van der Waals surface area (Å²) in [6, 6.07) is 10.4. The molecule has 5 aliphatic rings. The van der Waals surface area contributed by atoms with Gasteiger partial charge in [-0.15, -0.1) is 0 Å². The van der Waals surface area contributed by atoms with E-state index in [0.717, 1.165) is 56.7 Å². The van der Waals surface area contributed by atoms with Gasteiger partial charge in [0.25, 0.3) is 0 Å². The molecule has 4 saturated carbocycles. The van der Waals surface area contributed by atoms with E-state index in [1.54, 1.807) is 0 Å². The third-order valence-corrected chi connectivity index (χ3v) is 11.7. The standard InChI is InChI=1S/C32H44O3/c1-29-18-19-32(33,16-7-10-23-8-5-4-6-9-23)22-24(29)11-12-25-26-13-14-28(31(3)34-20-21-35-31)30(26,2)17-15-27(25)29/h4-6,8-9,24-28,33H,10-15,17-22H2,1-3H3/t24-,25+,26+,27+,28+,29+,30+,32-/m1/s1. The lowest BCUT2D eigenvalue weighted by Gasteiger charge is -2.62. The molecule has 0 bridgehead atoms. The Morgan fingerprint density at radius 3 is 2.37 bits per heavy atom. The van der Waals surface area contributed by atoms with Crippen LogP contribution in [0.15, 0.2) is 30.3 Å². The Kier molecular flexibility index (Phi) is 5.91. The fraction of sp³-hybridized carbons (Fsp3) is 0.750. The van der Waals surface area contributed by atoms with E-state index in [-0.39, 0.29) is 5.79 Å². The van der Waals surface area contributed by atoms with E-state index in [1.807, 2.05) is 6.07 Å². The molecule has 0 radical (unpaired) electrons. The maximum Gasteiger partial charge on any atom is 0.169 e. The predicted octanol–water partition coefficient (Wildman–Crippen LogP) is 6.39. The molecule has 190 valence electrons. The molecule has 5 fully saturated rings. The summed E-state index contributed by atoms with van der Waals surface area (Å²) < 4.78 is 12.4. The van der Waals surface area contributed by atoms with Crippen LogP contribution in [0.4, 0.5) is 0 Å². The number of fused-ring (bicyclic) bond motifs is 5. The zero-order chi connectivity index (χ0) is 24.3. The first-order valence-corrected chi connectivity index (χ1v) is 14.3. The van der Waals surface area contributed by atoms with Crippen LogP contribution in [-0.4, -0.2) is 29.7 Å². The molecule has 1 N–H and O–H groups in total. The van der Waals surface area contributed by atoms with Gasteiger partial charge in [0.2, 0.25) is 0 Å². The summed E-state index contributed by atoms with van der Waals surface area (Å²) in [6.45, 7) is 8.85. The summed E-state index contributed by atoms with van der Waals surface area (Å²) in [4.78, 5) is 0. The topological polar surface area (TPSA) is 38.7 Å². The second-order valence-corrected chi connectivity index (χ2v) is 13.2. The molecule has 35 heavy (non-hydrogen) atoms. The first kappa shape index (κ1) is 24.0. The number of aliphatic hydroxyl groups is 1. The molecule has 1 aromatic rings. The highest BCUT2D eigenvalue weighted by molar-refractivity contribution is 5.25. The second-order valence-electron chi connectivity index (χ2n) is 13.2. The summed E-state index contributed by atoms with van der Waals surface area (Å²) in [5.74, 6) is 9.79. The molecule has 4 aliphatic carbocycles. The Morgan fingerprint density at radius 1 is 0.857 bits per heavy atom. The van der Waals surface area contributed by atoms with Crippen molar-refractivity contribution in [1.82, 2.24) is 0 Å². The molecule has 0 amide bonds. The van der Waals surface area contributed by atoms with Crippen molar-refractivity contribution < 1.29 is 14.6 Å². The quantitative estimate of drug-likeness (QED) is 0.503. The van der Waals surface area contributed by atoms with Crippen molar-refractivity contribution in [2.75, 3.05) is 13.2 Å². The minimum absolute atomic E-state index is 0.335. The summed E-state index contributed by atoms with van der Waals surface area (Å²) >= 11 is 0. The van der Waals surface area contributed by atoms with E-state index in [4.69, 9.17) is 9.47 Å². The third kappa shape index (κ3) is 3.91. The van der Waals surface area contributed by atoms with Crippen LogP contribution >= 0.6 is 0 Å². The third-order valence-electron chi connectivity index (χ3n) is 11.7. The van der Waals surface area contributed by atoms with Crippen molar-refractivity contribution in [3.8, 4) is 11.8 Å². The lowest BCUT2D eigenvalue weighted by molar-refractivity contribution is -0.219. The Balaban J connectivity index is 1.17. The van der Waals surface area contributed by atoms with Gasteiger partial charge in [-0.1, -0.05) is 56.0 Å². The van der Waals surface area contributed by atoms with Crippen LogP contribution in [-0.2, 0) is 15.9 Å². The minimum atomic E-state index is -0.806. The molecule has 1 aliphatic heterocycles. The highest BCUT2D eigenvalue weighted by Crippen LogP contribution is 2.69. The summed E-state index contributed by atoms with van der Waals surface area (Å²) in [5, 5.41) is 11.5. The molecular formula is C32H44O3. The van der Waals surface area contributed by atoms with Gasteiger partial charge in [0.1, 0.15) is 5.60 Å². The molecule has 1 saturated heterocycles. The summed E-state index contributed by atoms with van der Waals surface area (Å²) in [5.41, 5.74) is 1.10. The molecule has 1 heterocycles. The van der Waals surface area contributed by atoms with Gasteiger partial charge in [-0.05, 0) is 105 Å². The highest BCUT2D eigenvalue weighted by Gasteiger charge is 2.64. The van der Waals surface area contributed by atoms with E-state index in [2.05, 4.69) is 56.9 Å². The molecular weight excluding hydrogens is 432 g/mol. The Labute approximate surface area is 212 Å². The molecule has 0 aromatic heterocycles. The van der Waals surface area contributed by atoms with E-state index in [1.165, 1.54) is 44.1 Å². The zero-order valence-corrected chi connectivity index (χ0v) is 22.0. The number of ether oxygens (including phenoxy) is 2. The van der Waals surface area contributed by atoms with Crippen LogP contribution in [0.3, 0.4) is 0 Å². The van der Waals surface area contributed by atoms with Gasteiger partial charge < -0.3 is 14.6 Å². The number of rotatable bonds is 2. The van der Waals surface area contributed by atoms with Gasteiger partial charge in [0, 0.05) is 12.3 Å². The molecule has 0 unspecified atom stereocenters. The maximum absolute atomic E-state index is 11.5. The Morgan fingerprint density at radius 2 is 1.60 bits per heavy atom. The predicted molar refractivity (Wildman–Crippen MR) is 138 cm³/mol. The average molecular weight is 477 g/mol. The van der Waals surface area contributed by atoms with Gasteiger partial charge >= 0.3 is 0 Å². The van der Waals surface area contributed by atoms with Gasteiger partial charge in [-0.25, -0.2) is 0 Å². The van der Waals surface area contributed by atoms with Crippen LogP contribution < -0.4 is 0 Å². The molecule has 3 nitrogen and oxygen atoms in total. The first-order chi connectivity index (χ1) is 16.8. The normalized spacial score (nSPS) is 46.1. The van der Waals surface area contributed by atoms with Crippen molar-refractivity contribution in [3.63, 3.8) is 0 Å². The molecule has 3 heteroatoms. The van der Waals surface area contributed by atoms with E-state index in [9.17, 15) is 5.11 Å². The SMILES string of the molecule is CC1([C@H]2CC[C@H]3[C@@H]4CC[C@@H]5C[C@@](O)(C#CCc6ccccc6)CC[C@]5(C)[C@H]4CC[C@]23C)OCCO1. The summed E-state index contributed by atoms with van der Waals surface area (Å²) in [7, 11) is 0. The number of benzene rings is 1. The maximum atomic E-state index is 11.5.